The van der Waals surface area contributed by atoms with Crippen LogP contribution in [0.4, 0.5) is 0 Å². The molecule has 0 aliphatic carbocycles. The van der Waals surface area contributed by atoms with Crippen molar-refractivity contribution < 1.29 is 23.7 Å². The van der Waals surface area contributed by atoms with Crippen LogP contribution in [-0.4, -0.2) is 44.8 Å². The van der Waals surface area contributed by atoms with E-state index in [1.807, 2.05) is 71.6 Å². The Hall–Kier alpha value is -3.67. The third-order valence-corrected chi connectivity index (χ3v) is 5.99. The minimum absolute atomic E-state index is 0.0693. The summed E-state index contributed by atoms with van der Waals surface area (Å²) in [5, 5.41) is 0. The smallest absolute Gasteiger partial charge is 0.264 e. The lowest BCUT2D eigenvalue weighted by molar-refractivity contribution is -0.140. The Morgan fingerprint density at radius 3 is 2.18 bits per heavy atom. The van der Waals surface area contributed by atoms with E-state index < -0.39 is 6.10 Å². The number of benzene rings is 3. The molecule has 0 saturated carbocycles. The number of hydrogen-bond acceptors (Lipinski definition) is 5. The van der Waals surface area contributed by atoms with Gasteiger partial charge in [0.1, 0.15) is 11.5 Å². The number of methoxy groups -OCH3 is 3. The molecule has 0 bridgehead atoms. The Kier molecular flexibility index (Phi) is 6.73. The average molecular weight is 448 g/mol. The molecule has 1 amide bonds. The third kappa shape index (κ3) is 4.60. The summed E-state index contributed by atoms with van der Waals surface area (Å²) in [6.45, 7) is 2.37. The Balaban J connectivity index is 1.73. The van der Waals surface area contributed by atoms with Crippen LogP contribution in [0.25, 0.3) is 0 Å². The van der Waals surface area contributed by atoms with Crippen molar-refractivity contribution in [3.05, 3.63) is 83.4 Å². The van der Waals surface area contributed by atoms with Crippen LogP contribution in [-0.2, 0) is 11.2 Å². The van der Waals surface area contributed by atoms with Crippen LogP contribution in [0.3, 0.4) is 0 Å². The quantitative estimate of drug-likeness (QED) is 0.528. The molecule has 0 radical (unpaired) electrons. The molecule has 0 N–H and O–H groups in total. The number of carbonyl (C=O) groups is 1. The van der Waals surface area contributed by atoms with Crippen molar-refractivity contribution in [2.75, 3.05) is 27.9 Å². The molecule has 2 atom stereocenters. The van der Waals surface area contributed by atoms with Crippen molar-refractivity contribution in [1.82, 2.24) is 4.90 Å². The van der Waals surface area contributed by atoms with Gasteiger partial charge in [0.05, 0.1) is 27.4 Å². The molecule has 1 aliphatic heterocycles. The first-order valence-corrected chi connectivity index (χ1v) is 11.0. The summed E-state index contributed by atoms with van der Waals surface area (Å²) in [5.74, 6) is 2.69. The number of amides is 1. The first kappa shape index (κ1) is 22.5. The SMILES string of the molecule is COc1ccc([C@@H]2c3cc(OC)c(OC)cc3CCN2C(=O)[C@@H](C)Oc2ccccc2)cc1. The van der Waals surface area contributed by atoms with Gasteiger partial charge in [-0.05, 0) is 66.4 Å². The molecule has 33 heavy (non-hydrogen) atoms. The number of ether oxygens (including phenoxy) is 4. The fourth-order valence-electron chi connectivity index (χ4n) is 4.32. The van der Waals surface area contributed by atoms with Crippen LogP contribution in [0.1, 0.15) is 29.7 Å². The molecule has 1 aliphatic rings. The Bertz CT molecular complexity index is 1100. The average Bonchev–Trinajstić information content (AvgIpc) is 2.87. The highest BCUT2D eigenvalue weighted by Gasteiger charge is 2.35. The first-order chi connectivity index (χ1) is 16.0. The van der Waals surface area contributed by atoms with E-state index in [0.717, 1.165) is 22.4 Å². The van der Waals surface area contributed by atoms with E-state index >= 15 is 0 Å². The summed E-state index contributed by atoms with van der Waals surface area (Å²) in [7, 11) is 4.89. The van der Waals surface area contributed by atoms with Gasteiger partial charge in [-0.25, -0.2) is 0 Å². The maximum atomic E-state index is 13.6. The first-order valence-electron chi connectivity index (χ1n) is 11.0. The molecule has 0 unspecified atom stereocenters. The van der Waals surface area contributed by atoms with Crippen molar-refractivity contribution in [2.24, 2.45) is 0 Å². The minimum Gasteiger partial charge on any atom is -0.497 e. The van der Waals surface area contributed by atoms with Crippen LogP contribution in [0.5, 0.6) is 23.0 Å². The fourth-order valence-corrected chi connectivity index (χ4v) is 4.32. The van der Waals surface area contributed by atoms with E-state index in [1.165, 1.54) is 0 Å². The zero-order chi connectivity index (χ0) is 23.4. The monoisotopic (exact) mass is 447 g/mol. The number of fused-ring (bicyclic) bond motifs is 1. The van der Waals surface area contributed by atoms with Crippen LogP contribution in [0.15, 0.2) is 66.7 Å². The predicted molar refractivity (Wildman–Crippen MR) is 126 cm³/mol. The Morgan fingerprint density at radius 1 is 0.879 bits per heavy atom. The fraction of sp³-hybridized carbons (Fsp3) is 0.296. The largest absolute Gasteiger partial charge is 0.497 e. The molecule has 172 valence electrons. The number of nitrogens with zero attached hydrogens (tertiary/aromatic N) is 1. The molecule has 3 aromatic carbocycles. The maximum absolute atomic E-state index is 13.6. The van der Waals surface area contributed by atoms with Gasteiger partial charge in [0, 0.05) is 6.54 Å². The molecular formula is C27H29NO5. The van der Waals surface area contributed by atoms with E-state index in [0.29, 0.717) is 30.2 Å². The standard InChI is InChI=1S/C27H29NO5/c1-18(33-22-8-6-5-7-9-22)27(29)28-15-14-20-16-24(31-3)25(32-4)17-23(20)26(28)19-10-12-21(30-2)13-11-19/h5-13,16-18,26H,14-15H2,1-4H3/t18-,26-/m1/s1. The van der Waals surface area contributed by atoms with E-state index in [2.05, 4.69) is 0 Å². The second kappa shape index (κ2) is 9.86. The van der Waals surface area contributed by atoms with Gasteiger partial charge in [0.25, 0.3) is 5.91 Å². The van der Waals surface area contributed by atoms with Crippen LogP contribution >= 0.6 is 0 Å². The summed E-state index contributed by atoms with van der Waals surface area (Å²) >= 11 is 0. The molecule has 1 heterocycles. The Morgan fingerprint density at radius 2 is 1.55 bits per heavy atom. The van der Waals surface area contributed by atoms with E-state index in [1.54, 1.807) is 28.3 Å². The Labute approximate surface area is 194 Å². The molecule has 0 aromatic heterocycles. The molecule has 4 rings (SSSR count). The van der Waals surface area contributed by atoms with Crippen molar-refractivity contribution in [2.45, 2.75) is 25.5 Å². The van der Waals surface area contributed by atoms with Gasteiger partial charge in [-0.15, -0.1) is 0 Å². The highest BCUT2D eigenvalue weighted by Crippen LogP contribution is 2.41. The van der Waals surface area contributed by atoms with Gasteiger partial charge in [-0.2, -0.15) is 0 Å². The van der Waals surface area contributed by atoms with Gasteiger partial charge < -0.3 is 23.8 Å². The molecular weight excluding hydrogens is 418 g/mol. The molecule has 0 fully saturated rings. The molecule has 6 nitrogen and oxygen atoms in total. The molecule has 6 heteroatoms. The van der Waals surface area contributed by atoms with Gasteiger partial charge in [-0.1, -0.05) is 30.3 Å². The lowest BCUT2D eigenvalue weighted by Gasteiger charge is -2.39. The number of hydrogen-bond donors (Lipinski definition) is 0. The lowest BCUT2D eigenvalue weighted by atomic mass is 9.87. The highest BCUT2D eigenvalue weighted by molar-refractivity contribution is 5.82. The van der Waals surface area contributed by atoms with Gasteiger partial charge in [0.2, 0.25) is 0 Å². The molecule has 0 saturated heterocycles. The van der Waals surface area contributed by atoms with E-state index in [4.69, 9.17) is 18.9 Å². The molecule has 0 spiro atoms. The second-order valence-corrected chi connectivity index (χ2v) is 7.94. The van der Waals surface area contributed by atoms with E-state index in [-0.39, 0.29) is 11.9 Å². The zero-order valence-electron chi connectivity index (χ0n) is 19.4. The van der Waals surface area contributed by atoms with Crippen molar-refractivity contribution in [3.63, 3.8) is 0 Å². The topological polar surface area (TPSA) is 57.2 Å². The number of para-hydroxylation sites is 1. The minimum atomic E-state index is -0.630. The van der Waals surface area contributed by atoms with Crippen LogP contribution in [0, 0.1) is 0 Å². The van der Waals surface area contributed by atoms with Crippen LogP contribution < -0.4 is 18.9 Å². The normalized spacial score (nSPS) is 15.9. The zero-order valence-corrected chi connectivity index (χ0v) is 19.4. The van der Waals surface area contributed by atoms with Crippen molar-refractivity contribution in [3.8, 4) is 23.0 Å². The third-order valence-electron chi connectivity index (χ3n) is 5.99. The van der Waals surface area contributed by atoms with Gasteiger partial charge >= 0.3 is 0 Å². The predicted octanol–water partition coefficient (Wildman–Crippen LogP) is 4.65. The van der Waals surface area contributed by atoms with E-state index in [9.17, 15) is 4.79 Å². The van der Waals surface area contributed by atoms with Crippen LogP contribution in [0.2, 0.25) is 0 Å². The molecule has 3 aromatic rings. The highest BCUT2D eigenvalue weighted by atomic mass is 16.5. The second-order valence-electron chi connectivity index (χ2n) is 7.94. The summed E-state index contributed by atoms with van der Waals surface area (Å²) in [6, 6.07) is 20.9. The number of rotatable bonds is 7. The summed E-state index contributed by atoms with van der Waals surface area (Å²) in [5.41, 5.74) is 3.14. The summed E-state index contributed by atoms with van der Waals surface area (Å²) in [6.07, 6.45) is 0.0846. The van der Waals surface area contributed by atoms with Crippen molar-refractivity contribution in [1.29, 1.82) is 0 Å². The number of carbonyl (C=O) groups excluding carboxylic acids is 1. The van der Waals surface area contributed by atoms with Crippen molar-refractivity contribution >= 4 is 5.91 Å². The van der Waals surface area contributed by atoms with Gasteiger partial charge in [-0.3, -0.25) is 4.79 Å². The maximum Gasteiger partial charge on any atom is 0.264 e. The summed E-state index contributed by atoms with van der Waals surface area (Å²) < 4.78 is 22.4. The lowest BCUT2D eigenvalue weighted by Crippen LogP contribution is -2.46. The summed E-state index contributed by atoms with van der Waals surface area (Å²) in [4.78, 5) is 15.5. The van der Waals surface area contributed by atoms with Gasteiger partial charge in [0.15, 0.2) is 17.6 Å².